The summed E-state index contributed by atoms with van der Waals surface area (Å²) >= 11 is 0. The van der Waals surface area contributed by atoms with Gasteiger partial charge in [-0.2, -0.15) is 26.3 Å². The van der Waals surface area contributed by atoms with Gasteiger partial charge < -0.3 is 15.5 Å². The van der Waals surface area contributed by atoms with Crippen molar-refractivity contribution >= 4 is 17.7 Å². The van der Waals surface area contributed by atoms with Crippen molar-refractivity contribution in [1.82, 2.24) is 15.5 Å². The van der Waals surface area contributed by atoms with Crippen molar-refractivity contribution in [3.8, 4) is 0 Å². The Bertz CT molecular complexity index is 1420. The van der Waals surface area contributed by atoms with Crippen molar-refractivity contribution in [2.24, 2.45) is 0 Å². The van der Waals surface area contributed by atoms with Crippen LogP contribution in [-0.2, 0) is 21.9 Å². The predicted octanol–water partition coefficient (Wildman–Crippen LogP) is 7.00. The number of benzene rings is 3. The Kier molecular flexibility index (Phi) is 12.6. The zero-order valence-electron chi connectivity index (χ0n) is 25.2. The van der Waals surface area contributed by atoms with Crippen molar-refractivity contribution in [2.75, 3.05) is 13.6 Å². The molecule has 3 amide bonds. The van der Waals surface area contributed by atoms with Crippen LogP contribution >= 0.6 is 0 Å². The summed E-state index contributed by atoms with van der Waals surface area (Å²) in [4.78, 5) is 39.2. The molecule has 246 valence electrons. The first-order valence-electron chi connectivity index (χ1n) is 14.6. The Morgan fingerprint density at radius 3 is 1.91 bits per heavy atom. The standard InChI is InChI=1S/C28H29F6N3O3.C6H6/c1-17(18-8-4-3-5-9-18)23(11-12-24(38)36-22-10-6-7-13-35-25(22)39)37(2)26(40)19-14-20(27(29,30)31)16-21(15-19)28(32,33)34;1-2-4-6-5-3-1/h3-5,8-9,11-12,14-17,22-23H,6-7,10,13H2,1-2H3,(H,35,39)(H,36,38);1-6H/b12-11+;/t17?,22?,23-;/m0./s1. The zero-order valence-corrected chi connectivity index (χ0v) is 25.2. The van der Waals surface area contributed by atoms with Crippen LogP contribution in [0.4, 0.5) is 26.3 Å². The molecule has 3 aromatic rings. The highest BCUT2D eigenvalue weighted by molar-refractivity contribution is 5.95. The van der Waals surface area contributed by atoms with Gasteiger partial charge in [0, 0.05) is 31.1 Å². The molecule has 1 saturated heterocycles. The lowest BCUT2D eigenvalue weighted by molar-refractivity contribution is -0.143. The molecule has 0 aliphatic carbocycles. The fourth-order valence-corrected chi connectivity index (χ4v) is 4.87. The number of hydrogen-bond donors (Lipinski definition) is 2. The quantitative estimate of drug-likeness (QED) is 0.214. The summed E-state index contributed by atoms with van der Waals surface area (Å²) in [6, 6.07) is 19.7. The number of carbonyl (C=O) groups is 3. The molecule has 0 radical (unpaired) electrons. The number of likely N-dealkylation sites (N-methyl/N-ethyl adjacent to an activating group) is 1. The van der Waals surface area contributed by atoms with Gasteiger partial charge in [-0.3, -0.25) is 14.4 Å². The second kappa shape index (κ2) is 16.1. The molecule has 4 rings (SSSR count). The summed E-state index contributed by atoms with van der Waals surface area (Å²) in [6.45, 7) is 2.20. The highest BCUT2D eigenvalue weighted by Crippen LogP contribution is 2.37. The fourth-order valence-electron chi connectivity index (χ4n) is 4.87. The third-order valence-electron chi connectivity index (χ3n) is 7.40. The van der Waals surface area contributed by atoms with E-state index < -0.39 is 58.9 Å². The molecule has 0 saturated carbocycles. The molecule has 1 aliphatic heterocycles. The van der Waals surface area contributed by atoms with Crippen LogP contribution < -0.4 is 10.6 Å². The molecule has 0 spiro atoms. The van der Waals surface area contributed by atoms with Gasteiger partial charge in [0.05, 0.1) is 17.2 Å². The second-order valence-corrected chi connectivity index (χ2v) is 10.8. The third kappa shape index (κ3) is 10.5. The van der Waals surface area contributed by atoms with Crippen molar-refractivity contribution in [2.45, 2.75) is 56.5 Å². The van der Waals surface area contributed by atoms with Crippen LogP contribution in [0.5, 0.6) is 0 Å². The van der Waals surface area contributed by atoms with Crippen LogP contribution in [0.2, 0.25) is 0 Å². The smallest absolute Gasteiger partial charge is 0.354 e. The highest BCUT2D eigenvalue weighted by atomic mass is 19.4. The Morgan fingerprint density at radius 1 is 0.870 bits per heavy atom. The average molecular weight is 648 g/mol. The summed E-state index contributed by atoms with van der Waals surface area (Å²) in [7, 11) is 1.24. The summed E-state index contributed by atoms with van der Waals surface area (Å²) in [5.74, 6) is -2.58. The van der Waals surface area contributed by atoms with E-state index >= 15 is 0 Å². The maximum Gasteiger partial charge on any atom is 0.416 e. The van der Waals surface area contributed by atoms with Gasteiger partial charge in [-0.25, -0.2) is 0 Å². The number of carbonyl (C=O) groups excluding carboxylic acids is 3. The number of halogens is 6. The first-order chi connectivity index (χ1) is 21.7. The van der Waals surface area contributed by atoms with Crippen LogP contribution in [0.25, 0.3) is 0 Å². The van der Waals surface area contributed by atoms with E-state index in [1.54, 1.807) is 37.3 Å². The van der Waals surface area contributed by atoms with Gasteiger partial charge in [0.1, 0.15) is 6.04 Å². The number of amides is 3. The summed E-state index contributed by atoms with van der Waals surface area (Å²) in [6.07, 6.45) is -5.86. The number of nitrogens with zero attached hydrogens (tertiary/aromatic N) is 1. The van der Waals surface area contributed by atoms with Crippen molar-refractivity contribution in [1.29, 1.82) is 0 Å². The minimum atomic E-state index is -5.12. The molecule has 46 heavy (non-hydrogen) atoms. The lowest BCUT2D eigenvalue weighted by Crippen LogP contribution is -2.45. The van der Waals surface area contributed by atoms with Crippen LogP contribution in [0.3, 0.4) is 0 Å². The molecule has 2 N–H and O–H groups in total. The Morgan fingerprint density at radius 2 is 1.39 bits per heavy atom. The van der Waals surface area contributed by atoms with E-state index in [-0.39, 0.29) is 12.0 Å². The summed E-state index contributed by atoms with van der Waals surface area (Å²) in [5, 5.41) is 5.29. The topological polar surface area (TPSA) is 78.5 Å². The lowest BCUT2D eigenvalue weighted by atomic mass is 9.91. The lowest BCUT2D eigenvalue weighted by Gasteiger charge is -2.31. The first-order valence-corrected chi connectivity index (χ1v) is 14.6. The third-order valence-corrected chi connectivity index (χ3v) is 7.40. The second-order valence-electron chi connectivity index (χ2n) is 10.8. The molecule has 0 aromatic heterocycles. The van der Waals surface area contributed by atoms with Gasteiger partial charge in [-0.1, -0.05) is 79.7 Å². The number of rotatable bonds is 7. The van der Waals surface area contributed by atoms with Crippen LogP contribution in [0, 0.1) is 0 Å². The van der Waals surface area contributed by atoms with Gasteiger partial charge in [0.2, 0.25) is 11.8 Å². The normalized spacial score (nSPS) is 16.7. The van der Waals surface area contributed by atoms with Crippen molar-refractivity contribution < 1.29 is 40.7 Å². The van der Waals surface area contributed by atoms with E-state index in [1.807, 2.05) is 36.4 Å². The SMILES string of the molecule is CC(c1ccccc1)[C@H](/C=C/C(=O)NC1CCCCNC1=O)N(C)C(=O)c1cc(C(F)(F)F)cc(C(F)(F)F)c1.c1ccccc1. The Labute approximate surface area is 263 Å². The molecule has 1 fully saturated rings. The molecule has 2 unspecified atom stereocenters. The molecular formula is C34H35F6N3O3. The Balaban J connectivity index is 0.000000858. The van der Waals surface area contributed by atoms with Crippen LogP contribution in [0.15, 0.2) is 97.1 Å². The zero-order chi connectivity index (χ0) is 33.9. The van der Waals surface area contributed by atoms with E-state index in [9.17, 15) is 40.7 Å². The van der Waals surface area contributed by atoms with Gasteiger partial charge in [-0.15, -0.1) is 0 Å². The fraction of sp³-hybridized carbons (Fsp3) is 0.324. The molecule has 6 nitrogen and oxygen atoms in total. The monoisotopic (exact) mass is 647 g/mol. The summed E-state index contributed by atoms with van der Waals surface area (Å²) in [5.41, 5.74) is -3.31. The van der Waals surface area contributed by atoms with E-state index in [4.69, 9.17) is 0 Å². The van der Waals surface area contributed by atoms with E-state index in [2.05, 4.69) is 10.6 Å². The largest absolute Gasteiger partial charge is 0.416 e. The number of alkyl halides is 6. The molecule has 3 aromatic carbocycles. The van der Waals surface area contributed by atoms with Crippen LogP contribution in [-0.4, -0.2) is 48.3 Å². The molecule has 1 aliphatic rings. The first kappa shape index (κ1) is 35.9. The van der Waals surface area contributed by atoms with Crippen LogP contribution in [0.1, 0.15) is 59.2 Å². The molecular weight excluding hydrogens is 612 g/mol. The van der Waals surface area contributed by atoms with Gasteiger partial charge in [-0.05, 0) is 43.0 Å². The predicted molar refractivity (Wildman–Crippen MR) is 162 cm³/mol. The Hall–Kier alpha value is -4.61. The van der Waals surface area contributed by atoms with Gasteiger partial charge >= 0.3 is 12.4 Å². The van der Waals surface area contributed by atoms with Gasteiger partial charge in [0.25, 0.3) is 5.91 Å². The van der Waals surface area contributed by atoms with E-state index in [1.165, 1.54) is 13.1 Å². The maximum atomic E-state index is 13.4. The molecule has 12 heteroatoms. The average Bonchev–Trinajstić information content (AvgIpc) is 3.24. The van der Waals surface area contributed by atoms with Crippen molar-refractivity contribution in [3.05, 3.63) is 119 Å². The molecule has 0 bridgehead atoms. The number of hydrogen-bond acceptors (Lipinski definition) is 3. The van der Waals surface area contributed by atoms with E-state index in [0.29, 0.717) is 30.7 Å². The summed E-state index contributed by atoms with van der Waals surface area (Å²) < 4.78 is 80.3. The van der Waals surface area contributed by atoms with E-state index in [0.717, 1.165) is 23.8 Å². The molecule has 3 atom stereocenters. The maximum absolute atomic E-state index is 13.4. The highest BCUT2D eigenvalue weighted by Gasteiger charge is 2.38. The minimum Gasteiger partial charge on any atom is -0.354 e. The minimum absolute atomic E-state index is 0.0469. The number of nitrogens with one attached hydrogen (secondary N) is 2. The molecule has 1 heterocycles. The van der Waals surface area contributed by atoms with Crippen molar-refractivity contribution in [3.63, 3.8) is 0 Å². The van der Waals surface area contributed by atoms with Gasteiger partial charge in [0.15, 0.2) is 0 Å².